The van der Waals surface area contributed by atoms with E-state index in [1.165, 1.54) is 12.1 Å². The highest BCUT2D eigenvalue weighted by molar-refractivity contribution is 5.79. The Bertz CT molecular complexity index is 1030. The molecule has 4 rings (SSSR count). The zero-order valence-electron chi connectivity index (χ0n) is 17.5. The Labute approximate surface area is 178 Å². The molecule has 0 N–H and O–H groups in total. The van der Waals surface area contributed by atoms with Crippen LogP contribution in [-0.4, -0.2) is 19.3 Å². The van der Waals surface area contributed by atoms with Gasteiger partial charge in [0.25, 0.3) is 0 Å². The maximum atomic E-state index is 14.9. The van der Waals surface area contributed by atoms with Crippen LogP contribution in [0, 0.1) is 23.3 Å². The lowest BCUT2D eigenvalue weighted by Crippen LogP contribution is -2.17. The monoisotopic (exact) mass is 436 g/mol. The predicted octanol–water partition coefficient (Wildman–Crippen LogP) is 6.45. The van der Waals surface area contributed by atoms with Crippen LogP contribution in [0.4, 0.5) is 17.6 Å². The largest absolute Gasteiger partial charge is 0.498 e. The van der Waals surface area contributed by atoms with E-state index in [9.17, 15) is 17.6 Å². The molecule has 2 aromatic rings. The van der Waals surface area contributed by atoms with E-state index in [0.29, 0.717) is 11.1 Å². The minimum Gasteiger partial charge on any atom is -0.498 e. The van der Waals surface area contributed by atoms with Crippen molar-refractivity contribution in [3.05, 3.63) is 58.4 Å². The summed E-state index contributed by atoms with van der Waals surface area (Å²) in [5.41, 5.74) is 1.02. The Hall–Kier alpha value is -2.70. The number of rotatable bonds is 7. The third-order valence-corrected chi connectivity index (χ3v) is 5.68. The smallest absolute Gasteiger partial charge is 0.201 e. The highest BCUT2D eigenvalue weighted by Gasteiger charge is 2.32. The van der Waals surface area contributed by atoms with Crippen molar-refractivity contribution in [3.8, 4) is 22.6 Å². The fraction of sp³-hybridized carbons (Fsp3) is 0.417. The Morgan fingerprint density at radius 1 is 0.903 bits per heavy atom. The number of ether oxygens (including phenoxy) is 3. The van der Waals surface area contributed by atoms with Crippen molar-refractivity contribution in [2.45, 2.75) is 52.1 Å². The van der Waals surface area contributed by atoms with Crippen LogP contribution >= 0.6 is 0 Å². The molecule has 0 spiro atoms. The van der Waals surface area contributed by atoms with Gasteiger partial charge in [-0.25, -0.2) is 8.78 Å². The molecule has 1 aliphatic heterocycles. The Morgan fingerprint density at radius 3 is 2.03 bits per heavy atom. The summed E-state index contributed by atoms with van der Waals surface area (Å²) in [4.78, 5) is 0. The van der Waals surface area contributed by atoms with E-state index >= 15 is 0 Å². The second kappa shape index (κ2) is 8.81. The molecule has 0 saturated carbocycles. The molecule has 2 aliphatic rings. The molecular weight excluding hydrogens is 412 g/mol. The lowest BCUT2D eigenvalue weighted by molar-refractivity contribution is 0.106. The number of hydrogen-bond acceptors (Lipinski definition) is 3. The van der Waals surface area contributed by atoms with Crippen molar-refractivity contribution in [1.82, 2.24) is 0 Å². The third kappa shape index (κ3) is 3.98. The Morgan fingerprint density at radius 2 is 1.52 bits per heavy atom. The van der Waals surface area contributed by atoms with Crippen LogP contribution in [0.1, 0.15) is 50.7 Å². The normalized spacial score (nSPS) is 17.0. The van der Waals surface area contributed by atoms with Gasteiger partial charge in [-0.2, -0.15) is 8.78 Å². The standard InChI is InChI=1S/C24H24F4O3/c1-3-5-16-7-6-13(11-30-16)12-31-18-10-15-8-14-9-17(29-4-2)21(25)23(27)19(14)20(15)24(28)22(18)26/h9-11,16H,3-8,12H2,1-2H3. The number of benzene rings is 2. The van der Waals surface area contributed by atoms with E-state index < -0.39 is 23.3 Å². The lowest BCUT2D eigenvalue weighted by Gasteiger charge is -2.23. The highest BCUT2D eigenvalue weighted by Crippen LogP contribution is 2.45. The maximum absolute atomic E-state index is 14.9. The molecule has 0 bridgehead atoms. The van der Waals surface area contributed by atoms with Crippen molar-refractivity contribution in [2.24, 2.45) is 0 Å². The van der Waals surface area contributed by atoms with E-state index in [1.807, 2.05) is 0 Å². The van der Waals surface area contributed by atoms with Crippen LogP contribution in [0.2, 0.25) is 0 Å². The van der Waals surface area contributed by atoms with Gasteiger partial charge < -0.3 is 14.2 Å². The second-order valence-corrected chi connectivity index (χ2v) is 7.83. The molecule has 7 heteroatoms. The van der Waals surface area contributed by atoms with Crippen LogP contribution in [-0.2, 0) is 11.2 Å². The van der Waals surface area contributed by atoms with Crippen LogP contribution in [0.3, 0.4) is 0 Å². The van der Waals surface area contributed by atoms with Crippen molar-refractivity contribution >= 4 is 0 Å². The molecule has 0 amide bonds. The van der Waals surface area contributed by atoms with E-state index in [2.05, 4.69) is 6.92 Å². The van der Waals surface area contributed by atoms with Gasteiger partial charge in [-0.3, -0.25) is 0 Å². The van der Waals surface area contributed by atoms with Crippen molar-refractivity contribution in [1.29, 1.82) is 0 Å². The van der Waals surface area contributed by atoms with E-state index in [0.717, 1.165) is 31.3 Å². The van der Waals surface area contributed by atoms with Gasteiger partial charge >= 0.3 is 0 Å². The molecule has 31 heavy (non-hydrogen) atoms. The molecule has 3 nitrogen and oxygen atoms in total. The average Bonchev–Trinajstić information content (AvgIpc) is 3.13. The molecule has 0 saturated heterocycles. The Kier molecular flexibility index (Phi) is 6.12. The average molecular weight is 436 g/mol. The van der Waals surface area contributed by atoms with Gasteiger partial charge in [0.1, 0.15) is 6.61 Å². The number of hydrogen-bond donors (Lipinski definition) is 0. The minimum atomic E-state index is -1.24. The molecule has 2 aromatic carbocycles. The van der Waals surface area contributed by atoms with Crippen molar-refractivity contribution in [2.75, 3.05) is 13.2 Å². The van der Waals surface area contributed by atoms with Gasteiger partial charge in [-0.05, 0) is 55.9 Å². The first kappa shape index (κ1) is 21.5. The lowest BCUT2D eigenvalue weighted by atomic mass is 10.0. The first-order valence-electron chi connectivity index (χ1n) is 10.6. The zero-order valence-corrected chi connectivity index (χ0v) is 17.5. The molecular formula is C24H24F4O3. The maximum Gasteiger partial charge on any atom is 0.201 e. The van der Waals surface area contributed by atoms with Gasteiger partial charge in [0.05, 0.1) is 19.0 Å². The van der Waals surface area contributed by atoms with Gasteiger partial charge in [-0.1, -0.05) is 13.3 Å². The first-order chi connectivity index (χ1) is 14.9. The summed E-state index contributed by atoms with van der Waals surface area (Å²) in [7, 11) is 0. The molecule has 0 fully saturated rings. The first-order valence-corrected chi connectivity index (χ1v) is 10.6. The summed E-state index contributed by atoms with van der Waals surface area (Å²) in [5, 5.41) is 0. The topological polar surface area (TPSA) is 27.7 Å². The molecule has 0 aromatic heterocycles. The summed E-state index contributed by atoms with van der Waals surface area (Å²) in [5.74, 6) is -5.41. The molecule has 1 atom stereocenters. The van der Waals surface area contributed by atoms with Gasteiger partial charge in [-0.15, -0.1) is 0 Å². The van der Waals surface area contributed by atoms with Crippen LogP contribution < -0.4 is 9.47 Å². The molecule has 166 valence electrons. The number of halogens is 4. The van der Waals surface area contributed by atoms with Crippen molar-refractivity contribution < 1.29 is 31.8 Å². The quantitative estimate of drug-likeness (QED) is 0.398. The van der Waals surface area contributed by atoms with Gasteiger partial charge in [0.15, 0.2) is 23.1 Å². The number of fused-ring (bicyclic) bond motifs is 3. The highest BCUT2D eigenvalue weighted by atomic mass is 19.2. The van der Waals surface area contributed by atoms with Crippen LogP contribution in [0.5, 0.6) is 11.5 Å². The summed E-state index contributed by atoms with van der Waals surface area (Å²) < 4.78 is 74.9. The second-order valence-electron chi connectivity index (χ2n) is 7.83. The fourth-order valence-corrected chi connectivity index (χ4v) is 4.17. The predicted molar refractivity (Wildman–Crippen MR) is 108 cm³/mol. The summed E-state index contributed by atoms with van der Waals surface area (Å²) in [6.07, 6.45) is 5.55. The van der Waals surface area contributed by atoms with E-state index in [1.54, 1.807) is 13.2 Å². The fourth-order valence-electron chi connectivity index (χ4n) is 4.17. The summed E-state index contributed by atoms with van der Waals surface area (Å²) >= 11 is 0. The van der Waals surface area contributed by atoms with Crippen LogP contribution in [0.25, 0.3) is 11.1 Å². The molecule has 1 heterocycles. The van der Waals surface area contributed by atoms with Crippen LogP contribution in [0.15, 0.2) is 24.0 Å². The minimum absolute atomic E-state index is 0.0679. The zero-order chi connectivity index (χ0) is 22.1. The molecule has 1 unspecified atom stereocenters. The third-order valence-electron chi connectivity index (χ3n) is 5.68. The Balaban J connectivity index is 1.58. The SMILES string of the molecule is CCCC1CCC(COc2cc3c(c(F)c2F)-c2c(cc(OCC)c(F)c2F)C3)=CO1. The van der Waals surface area contributed by atoms with E-state index in [4.69, 9.17) is 14.2 Å². The molecule has 0 radical (unpaired) electrons. The summed E-state index contributed by atoms with van der Waals surface area (Å²) in [6.45, 7) is 3.96. The van der Waals surface area contributed by atoms with Gasteiger partial charge in [0, 0.05) is 16.7 Å². The summed E-state index contributed by atoms with van der Waals surface area (Å²) in [6, 6.07) is 2.70. The van der Waals surface area contributed by atoms with Crippen molar-refractivity contribution in [3.63, 3.8) is 0 Å². The van der Waals surface area contributed by atoms with E-state index in [-0.39, 0.29) is 48.4 Å². The molecule has 1 aliphatic carbocycles. The van der Waals surface area contributed by atoms with Gasteiger partial charge in [0.2, 0.25) is 11.6 Å².